The van der Waals surface area contributed by atoms with Gasteiger partial charge in [0.15, 0.2) is 11.5 Å². The summed E-state index contributed by atoms with van der Waals surface area (Å²) < 4.78 is 10.8. The van der Waals surface area contributed by atoms with Gasteiger partial charge in [0, 0.05) is 11.6 Å². The lowest BCUT2D eigenvalue weighted by atomic mass is 9.96. The normalized spacial score (nSPS) is 19.3. The van der Waals surface area contributed by atoms with Crippen LogP contribution in [-0.2, 0) is 0 Å². The first-order chi connectivity index (χ1) is 7.86. The molecule has 17 heavy (non-hydrogen) atoms. The quantitative estimate of drug-likeness (QED) is 0.903. The second-order valence-electron chi connectivity index (χ2n) is 4.09. The van der Waals surface area contributed by atoms with Gasteiger partial charge in [0.1, 0.15) is 0 Å². The van der Waals surface area contributed by atoms with Crippen molar-refractivity contribution in [2.75, 3.05) is 20.8 Å². The molecule has 1 aromatic rings. The first-order valence-corrected chi connectivity index (χ1v) is 5.81. The van der Waals surface area contributed by atoms with E-state index in [4.69, 9.17) is 9.47 Å². The number of nitrogens with one attached hydrogen (secondary N) is 1. The van der Waals surface area contributed by atoms with Crippen molar-refractivity contribution in [3.63, 3.8) is 0 Å². The van der Waals surface area contributed by atoms with Crippen LogP contribution >= 0.6 is 12.4 Å². The van der Waals surface area contributed by atoms with Gasteiger partial charge in [-0.3, -0.25) is 0 Å². The number of methoxy groups -OCH3 is 2. The number of benzene rings is 1. The zero-order valence-electron chi connectivity index (χ0n) is 10.4. The van der Waals surface area contributed by atoms with E-state index in [1.165, 1.54) is 24.8 Å². The molecule has 1 aliphatic heterocycles. The average Bonchev–Trinajstić information content (AvgIpc) is 2.38. The Bertz CT molecular complexity index is 351. The minimum Gasteiger partial charge on any atom is -0.493 e. The number of rotatable bonds is 3. The standard InChI is InChI=1S/C13H19NO2.ClH/c1-15-12-8-5-6-10(13(12)16-2)11-7-3-4-9-14-11;/h5-6,8,11,14H,3-4,7,9H2,1-2H3;1H/t11-;/m0./s1. The van der Waals surface area contributed by atoms with Crippen LogP contribution in [-0.4, -0.2) is 20.8 Å². The Hall–Kier alpha value is -0.930. The molecule has 96 valence electrons. The Balaban J connectivity index is 0.00000144. The molecule has 4 heteroatoms. The van der Waals surface area contributed by atoms with E-state index in [2.05, 4.69) is 11.4 Å². The predicted octanol–water partition coefficient (Wildman–Crippen LogP) is 2.94. The number of para-hydroxylation sites is 1. The summed E-state index contributed by atoms with van der Waals surface area (Å²) in [6, 6.07) is 6.47. The van der Waals surface area contributed by atoms with Gasteiger partial charge >= 0.3 is 0 Å². The minimum absolute atomic E-state index is 0. The monoisotopic (exact) mass is 257 g/mol. The van der Waals surface area contributed by atoms with Crippen LogP contribution < -0.4 is 14.8 Å². The van der Waals surface area contributed by atoms with E-state index in [1.54, 1.807) is 14.2 Å². The van der Waals surface area contributed by atoms with Gasteiger partial charge in [-0.15, -0.1) is 12.4 Å². The molecule has 1 saturated heterocycles. The highest BCUT2D eigenvalue weighted by Gasteiger charge is 2.20. The van der Waals surface area contributed by atoms with Gasteiger partial charge < -0.3 is 14.8 Å². The molecule has 0 bridgehead atoms. The Morgan fingerprint density at radius 1 is 1.18 bits per heavy atom. The van der Waals surface area contributed by atoms with Crippen LogP contribution in [0.5, 0.6) is 11.5 Å². The second-order valence-corrected chi connectivity index (χ2v) is 4.09. The predicted molar refractivity (Wildman–Crippen MR) is 71.4 cm³/mol. The average molecular weight is 258 g/mol. The fraction of sp³-hybridized carbons (Fsp3) is 0.538. The van der Waals surface area contributed by atoms with E-state index in [9.17, 15) is 0 Å². The van der Waals surface area contributed by atoms with Gasteiger partial charge in [0.05, 0.1) is 14.2 Å². The van der Waals surface area contributed by atoms with Crippen molar-refractivity contribution in [3.05, 3.63) is 23.8 Å². The number of hydrogen-bond donors (Lipinski definition) is 1. The van der Waals surface area contributed by atoms with E-state index < -0.39 is 0 Å². The lowest BCUT2D eigenvalue weighted by Gasteiger charge is -2.25. The first-order valence-electron chi connectivity index (χ1n) is 5.81. The molecule has 2 rings (SSSR count). The SMILES string of the molecule is COc1cccc([C@@H]2CCCCN2)c1OC.Cl. The molecule has 0 amide bonds. The Labute approximate surface area is 109 Å². The summed E-state index contributed by atoms with van der Waals surface area (Å²) in [6.07, 6.45) is 3.71. The van der Waals surface area contributed by atoms with E-state index in [0.717, 1.165) is 18.0 Å². The number of hydrogen-bond acceptors (Lipinski definition) is 3. The van der Waals surface area contributed by atoms with E-state index in [-0.39, 0.29) is 12.4 Å². The molecule has 1 heterocycles. The molecule has 0 radical (unpaired) electrons. The van der Waals surface area contributed by atoms with Gasteiger partial charge in [-0.05, 0) is 25.5 Å². The highest BCUT2D eigenvalue weighted by atomic mass is 35.5. The zero-order chi connectivity index (χ0) is 11.4. The molecule has 1 aromatic carbocycles. The highest BCUT2D eigenvalue weighted by Crippen LogP contribution is 2.37. The molecule has 3 nitrogen and oxygen atoms in total. The summed E-state index contributed by atoms with van der Waals surface area (Å²) in [5, 5.41) is 3.53. The number of halogens is 1. The van der Waals surface area contributed by atoms with E-state index in [1.807, 2.05) is 12.1 Å². The first kappa shape index (κ1) is 14.1. The van der Waals surface area contributed by atoms with Crippen LogP contribution in [0.1, 0.15) is 30.9 Å². The molecule has 0 unspecified atom stereocenters. The Kier molecular flexibility index (Phi) is 5.59. The molecule has 0 aliphatic carbocycles. The van der Waals surface area contributed by atoms with Gasteiger partial charge in [0.2, 0.25) is 0 Å². The van der Waals surface area contributed by atoms with Crippen LogP contribution in [0.25, 0.3) is 0 Å². The van der Waals surface area contributed by atoms with Gasteiger partial charge in [-0.2, -0.15) is 0 Å². The third kappa shape index (κ3) is 3.05. The topological polar surface area (TPSA) is 30.5 Å². The molecule has 1 atom stereocenters. The molecule has 0 aromatic heterocycles. The largest absolute Gasteiger partial charge is 0.493 e. The van der Waals surface area contributed by atoms with Crippen LogP contribution in [0.3, 0.4) is 0 Å². The fourth-order valence-corrected chi connectivity index (χ4v) is 2.30. The third-order valence-electron chi connectivity index (χ3n) is 3.12. The lowest BCUT2D eigenvalue weighted by molar-refractivity contribution is 0.338. The van der Waals surface area contributed by atoms with Gasteiger partial charge in [0.25, 0.3) is 0 Å². The third-order valence-corrected chi connectivity index (χ3v) is 3.12. The van der Waals surface area contributed by atoms with Crippen molar-refractivity contribution in [2.45, 2.75) is 25.3 Å². The molecular formula is C13H20ClNO2. The Morgan fingerprint density at radius 2 is 2.00 bits per heavy atom. The summed E-state index contributed by atoms with van der Waals surface area (Å²) in [4.78, 5) is 0. The maximum atomic E-state index is 5.46. The molecule has 1 N–H and O–H groups in total. The van der Waals surface area contributed by atoms with E-state index >= 15 is 0 Å². The van der Waals surface area contributed by atoms with Crippen LogP contribution in [0.2, 0.25) is 0 Å². The van der Waals surface area contributed by atoms with Gasteiger partial charge in [-0.25, -0.2) is 0 Å². The second kappa shape index (κ2) is 6.72. The summed E-state index contributed by atoms with van der Waals surface area (Å²) >= 11 is 0. The van der Waals surface area contributed by atoms with Crippen LogP contribution in [0, 0.1) is 0 Å². The number of ether oxygens (including phenoxy) is 2. The highest BCUT2D eigenvalue weighted by molar-refractivity contribution is 5.85. The van der Waals surface area contributed by atoms with Crippen molar-refractivity contribution >= 4 is 12.4 Å². The maximum absolute atomic E-state index is 5.46. The fourth-order valence-electron chi connectivity index (χ4n) is 2.30. The molecule has 0 saturated carbocycles. The molecule has 0 spiro atoms. The van der Waals surface area contributed by atoms with E-state index in [0.29, 0.717) is 6.04 Å². The maximum Gasteiger partial charge on any atom is 0.165 e. The smallest absolute Gasteiger partial charge is 0.165 e. The summed E-state index contributed by atoms with van der Waals surface area (Å²) in [6.45, 7) is 1.09. The molecule has 1 aliphatic rings. The molecular weight excluding hydrogens is 238 g/mol. The van der Waals surface area contributed by atoms with Crippen LogP contribution in [0.4, 0.5) is 0 Å². The number of piperidine rings is 1. The van der Waals surface area contributed by atoms with Crippen molar-refractivity contribution in [1.29, 1.82) is 0 Å². The minimum atomic E-state index is 0. The summed E-state index contributed by atoms with van der Waals surface area (Å²) in [7, 11) is 3.38. The van der Waals surface area contributed by atoms with Crippen molar-refractivity contribution in [3.8, 4) is 11.5 Å². The molecule has 1 fully saturated rings. The summed E-state index contributed by atoms with van der Waals surface area (Å²) in [5.41, 5.74) is 1.21. The zero-order valence-corrected chi connectivity index (χ0v) is 11.2. The Morgan fingerprint density at radius 3 is 2.59 bits per heavy atom. The lowest BCUT2D eigenvalue weighted by Crippen LogP contribution is -2.27. The van der Waals surface area contributed by atoms with Crippen molar-refractivity contribution in [2.24, 2.45) is 0 Å². The summed E-state index contributed by atoms with van der Waals surface area (Å²) in [5.74, 6) is 1.68. The van der Waals surface area contributed by atoms with Crippen LogP contribution in [0.15, 0.2) is 18.2 Å². The van der Waals surface area contributed by atoms with Crippen molar-refractivity contribution < 1.29 is 9.47 Å². The van der Waals surface area contributed by atoms with Crippen molar-refractivity contribution in [1.82, 2.24) is 5.32 Å². The van der Waals surface area contributed by atoms with Gasteiger partial charge in [-0.1, -0.05) is 18.6 Å².